The fourth-order valence-corrected chi connectivity index (χ4v) is 6.36. The zero-order valence-electron chi connectivity index (χ0n) is 12.8. The molecular formula is C14H19N3O3S3. The molecule has 1 aromatic rings. The zero-order chi connectivity index (χ0) is 16.4. The highest BCUT2D eigenvalue weighted by molar-refractivity contribution is 8.14. The molecule has 0 bridgehead atoms. The van der Waals surface area contributed by atoms with Gasteiger partial charge in [-0.05, 0) is 31.9 Å². The van der Waals surface area contributed by atoms with Crippen molar-refractivity contribution in [3.8, 4) is 0 Å². The number of sulfonamides is 1. The van der Waals surface area contributed by atoms with E-state index in [0.29, 0.717) is 28.8 Å². The van der Waals surface area contributed by atoms with Crippen molar-refractivity contribution in [3.05, 3.63) is 17.0 Å². The number of hydrogen-bond donors (Lipinski definition) is 1. The van der Waals surface area contributed by atoms with Crippen LogP contribution in [0.5, 0.6) is 0 Å². The molecule has 0 aromatic carbocycles. The number of rotatable bonds is 3. The third kappa shape index (κ3) is 3.78. The summed E-state index contributed by atoms with van der Waals surface area (Å²) < 4.78 is 27.2. The van der Waals surface area contributed by atoms with Crippen molar-refractivity contribution in [2.75, 3.05) is 25.4 Å². The van der Waals surface area contributed by atoms with Crippen molar-refractivity contribution in [3.63, 3.8) is 0 Å². The number of thiophene rings is 1. The molecule has 1 aromatic heterocycles. The van der Waals surface area contributed by atoms with Gasteiger partial charge in [0, 0.05) is 23.7 Å². The zero-order valence-corrected chi connectivity index (χ0v) is 15.3. The molecule has 3 heterocycles. The van der Waals surface area contributed by atoms with Gasteiger partial charge in [0.15, 0.2) is 5.17 Å². The van der Waals surface area contributed by atoms with Crippen molar-refractivity contribution in [1.29, 1.82) is 0 Å². The van der Waals surface area contributed by atoms with Crippen LogP contribution in [0.3, 0.4) is 0 Å². The largest absolute Gasteiger partial charge is 0.305 e. The molecule has 126 valence electrons. The minimum Gasteiger partial charge on any atom is -0.305 e. The first kappa shape index (κ1) is 16.9. The lowest BCUT2D eigenvalue weighted by molar-refractivity contribution is -0.124. The maximum absolute atomic E-state index is 12.7. The summed E-state index contributed by atoms with van der Waals surface area (Å²) in [5.41, 5.74) is 0. The van der Waals surface area contributed by atoms with Crippen LogP contribution in [0.4, 0.5) is 0 Å². The number of carbonyl (C=O) groups is 1. The first-order valence-electron chi connectivity index (χ1n) is 7.51. The minimum absolute atomic E-state index is 0.125. The van der Waals surface area contributed by atoms with Crippen LogP contribution in [0.15, 0.2) is 21.3 Å². The number of hydrogen-bond acceptors (Lipinski definition) is 6. The number of amidine groups is 1. The molecule has 6 nitrogen and oxygen atoms in total. The lowest BCUT2D eigenvalue weighted by Gasteiger charge is -2.30. The van der Waals surface area contributed by atoms with Crippen LogP contribution in [0, 0.1) is 12.8 Å². The first-order chi connectivity index (χ1) is 11.0. The molecule has 2 aliphatic rings. The number of piperidine rings is 1. The summed E-state index contributed by atoms with van der Waals surface area (Å²) in [5, 5.41) is 3.48. The van der Waals surface area contributed by atoms with Gasteiger partial charge >= 0.3 is 0 Å². The number of thioether (sulfide) groups is 1. The highest BCUT2D eigenvalue weighted by atomic mass is 32.2. The summed E-state index contributed by atoms with van der Waals surface area (Å²) in [6.07, 6.45) is 1.40. The van der Waals surface area contributed by atoms with Gasteiger partial charge in [-0.15, -0.1) is 11.3 Å². The van der Waals surface area contributed by atoms with Crippen molar-refractivity contribution in [2.24, 2.45) is 10.9 Å². The lowest BCUT2D eigenvalue weighted by Crippen LogP contribution is -2.45. The SMILES string of the molecule is Cc1ccc(S(=O)(=O)N2CCC[C@@H](C(=O)NC3=NCCS3)C2)s1. The van der Waals surface area contributed by atoms with Gasteiger partial charge in [0.1, 0.15) is 4.21 Å². The van der Waals surface area contributed by atoms with Crippen molar-refractivity contribution < 1.29 is 13.2 Å². The fraction of sp³-hybridized carbons (Fsp3) is 0.571. The van der Waals surface area contributed by atoms with Crippen molar-refractivity contribution in [2.45, 2.75) is 24.0 Å². The Labute approximate surface area is 144 Å². The predicted molar refractivity (Wildman–Crippen MR) is 93.4 cm³/mol. The van der Waals surface area contributed by atoms with Crippen molar-refractivity contribution >= 4 is 44.2 Å². The number of carbonyl (C=O) groups excluding carboxylic acids is 1. The van der Waals surface area contributed by atoms with Crippen LogP contribution in [0.2, 0.25) is 0 Å². The molecule has 9 heteroatoms. The Balaban J connectivity index is 1.69. The number of nitrogens with zero attached hydrogens (tertiary/aromatic N) is 2. The second-order valence-corrected chi connectivity index (χ2v) is 10.1. The summed E-state index contributed by atoms with van der Waals surface area (Å²) in [7, 11) is -3.50. The van der Waals surface area contributed by atoms with Gasteiger partial charge in [-0.3, -0.25) is 9.79 Å². The van der Waals surface area contributed by atoms with E-state index in [4.69, 9.17) is 0 Å². The molecule has 1 amide bonds. The molecule has 1 fully saturated rings. The van der Waals surface area contributed by atoms with E-state index in [1.54, 1.807) is 12.1 Å². The Bertz CT molecular complexity index is 727. The maximum atomic E-state index is 12.7. The summed E-state index contributed by atoms with van der Waals surface area (Å²) in [4.78, 5) is 17.5. The Morgan fingerprint density at radius 3 is 2.91 bits per heavy atom. The van der Waals surface area contributed by atoms with Gasteiger partial charge in [-0.2, -0.15) is 4.31 Å². The number of aryl methyl sites for hydroxylation is 1. The van der Waals surface area contributed by atoms with Crippen LogP contribution >= 0.6 is 23.1 Å². The van der Waals surface area contributed by atoms with E-state index in [2.05, 4.69) is 10.3 Å². The Hall–Kier alpha value is -0.900. The normalized spacial score (nSPS) is 22.8. The molecule has 0 radical (unpaired) electrons. The third-order valence-electron chi connectivity index (χ3n) is 3.88. The molecule has 0 saturated carbocycles. The van der Waals surface area contributed by atoms with Crippen LogP contribution in [0.1, 0.15) is 17.7 Å². The molecule has 1 atom stereocenters. The van der Waals surface area contributed by atoms with Gasteiger partial charge < -0.3 is 5.32 Å². The predicted octanol–water partition coefficient (Wildman–Crippen LogP) is 1.68. The van der Waals surface area contributed by atoms with Crippen LogP contribution < -0.4 is 5.32 Å². The minimum atomic E-state index is -3.50. The molecule has 0 spiro atoms. The summed E-state index contributed by atoms with van der Waals surface area (Å²) in [6, 6.07) is 3.45. The lowest BCUT2D eigenvalue weighted by atomic mass is 9.99. The molecule has 2 aliphatic heterocycles. The number of amides is 1. The van der Waals surface area contributed by atoms with Gasteiger partial charge in [-0.1, -0.05) is 11.8 Å². The van der Waals surface area contributed by atoms with E-state index >= 15 is 0 Å². The Morgan fingerprint density at radius 1 is 1.43 bits per heavy atom. The summed E-state index contributed by atoms with van der Waals surface area (Å²) in [5.74, 6) is 0.447. The second kappa shape index (κ2) is 6.92. The molecule has 1 saturated heterocycles. The molecule has 23 heavy (non-hydrogen) atoms. The van der Waals surface area contributed by atoms with Crippen molar-refractivity contribution in [1.82, 2.24) is 9.62 Å². The average molecular weight is 374 g/mol. The second-order valence-electron chi connectivity index (χ2n) is 5.59. The van der Waals surface area contributed by atoms with E-state index in [0.717, 1.165) is 17.2 Å². The number of nitrogens with one attached hydrogen (secondary N) is 1. The Kier molecular flexibility index (Phi) is 5.10. The van der Waals surface area contributed by atoms with Crippen LogP contribution in [-0.4, -0.2) is 49.2 Å². The molecule has 3 rings (SSSR count). The molecule has 0 unspecified atom stereocenters. The van der Waals surface area contributed by atoms with Gasteiger partial charge in [0.25, 0.3) is 10.0 Å². The quantitative estimate of drug-likeness (QED) is 0.874. The van der Waals surface area contributed by atoms with Crippen LogP contribution in [-0.2, 0) is 14.8 Å². The third-order valence-corrected chi connectivity index (χ3v) is 8.10. The van der Waals surface area contributed by atoms with E-state index < -0.39 is 10.0 Å². The maximum Gasteiger partial charge on any atom is 0.252 e. The Morgan fingerprint density at radius 2 is 2.26 bits per heavy atom. The molecular weight excluding hydrogens is 354 g/mol. The highest BCUT2D eigenvalue weighted by Crippen LogP contribution is 2.28. The smallest absolute Gasteiger partial charge is 0.252 e. The van der Waals surface area contributed by atoms with Gasteiger partial charge in [-0.25, -0.2) is 8.42 Å². The average Bonchev–Trinajstić information content (AvgIpc) is 3.19. The van der Waals surface area contributed by atoms with E-state index in [-0.39, 0.29) is 18.4 Å². The number of aliphatic imine (C=N–C) groups is 1. The first-order valence-corrected chi connectivity index (χ1v) is 10.8. The highest BCUT2D eigenvalue weighted by Gasteiger charge is 2.34. The molecule has 1 N–H and O–H groups in total. The topological polar surface area (TPSA) is 78.8 Å². The van der Waals surface area contributed by atoms with E-state index in [1.807, 2.05) is 6.92 Å². The van der Waals surface area contributed by atoms with E-state index in [9.17, 15) is 13.2 Å². The summed E-state index contributed by atoms with van der Waals surface area (Å²) >= 11 is 2.80. The monoisotopic (exact) mass is 373 g/mol. The van der Waals surface area contributed by atoms with Gasteiger partial charge in [0.05, 0.1) is 12.5 Å². The molecule has 0 aliphatic carbocycles. The standard InChI is InChI=1S/C14H19N3O3S3/c1-10-4-5-12(22-10)23(19,20)17-7-2-3-11(9-17)13(18)16-14-15-6-8-21-14/h4-5,11H,2-3,6-9H2,1H3,(H,15,16,18)/t11-/m1/s1. The van der Waals surface area contributed by atoms with Crippen LogP contribution in [0.25, 0.3) is 0 Å². The fourth-order valence-electron chi connectivity index (χ4n) is 2.67. The summed E-state index contributed by atoms with van der Waals surface area (Å²) in [6.45, 7) is 3.32. The van der Waals surface area contributed by atoms with E-state index in [1.165, 1.54) is 27.4 Å². The van der Waals surface area contributed by atoms with Gasteiger partial charge in [0.2, 0.25) is 5.91 Å².